The van der Waals surface area contributed by atoms with Gasteiger partial charge in [-0.1, -0.05) is 42.5 Å². The number of halogens is 3. The van der Waals surface area contributed by atoms with E-state index in [0.29, 0.717) is 5.56 Å². The van der Waals surface area contributed by atoms with Crippen LogP contribution in [-0.2, 0) is 0 Å². The van der Waals surface area contributed by atoms with Crippen molar-refractivity contribution in [2.75, 3.05) is 0 Å². The van der Waals surface area contributed by atoms with Gasteiger partial charge >= 0.3 is 12.2 Å². The summed E-state index contributed by atoms with van der Waals surface area (Å²) in [6.07, 6.45) is -5.13. The van der Waals surface area contributed by atoms with Gasteiger partial charge in [-0.25, -0.2) is 10.2 Å². The first-order valence-electron chi connectivity index (χ1n) is 8.41. The molecule has 0 fully saturated rings. The van der Waals surface area contributed by atoms with Crippen LogP contribution in [0.4, 0.5) is 23.7 Å². The first-order chi connectivity index (χ1) is 14.1. The van der Waals surface area contributed by atoms with Crippen molar-refractivity contribution in [2.24, 2.45) is 10.2 Å². The largest absolute Gasteiger partial charge is 0.438 e. The average molecular weight is 421 g/mol. The standard InChI is InChI=1S/C18H14F3N5O4/c19-18(20,21)17(28)10-15(13-6-2-1-3-7-13)24-25(17)16(27)23-22-11-12-5-4-8-14(9-12)26(29)30/h1-9,11,28H,10H2,(H,23,27)/b22-11+. The van der Waals surface area contributed by atoms with Gasteiger partial charge in [-0.05, 0) is 5.56 Å². The Hall–Kier alpha value is -3.80. The third-order valence-electron chi connectivity index (χ3n) is 4.19. The van der Waals surface area contributed by atoms with E-state index in [9.17, 15) is 33.2 Å². The van der Waals surface area contributed by atoms with Crippen LogP contribution in [0.25, 0.3) is 0 Å². The fraction of sp³-hybridized carbons (Fsp3) is 0.167. The number of benzene rings is 2. The van der Waals surface area contributed by atoms with E-state index in [4.69, 9.17) is 0 Å². The second-order valence-electron chi connectivity index (χ2n) is 6.24. The number of non-ortho nitro benzene ring substituents is 1. The zero-order valence-electron chi connectivity index (χ0n) is 15.1. The molecule has 1 aliphatic rings. The van der Waals surface area contributed by atoms with Crippen LogP contribution < -0.4 is 5.43 Å². The number of rotatable bonds is 4. The maximum atomic E-state index is 13.5. The normalized spacial score (nSPS) is 19.1. The van der Waals surface area contributed by atoms with Crippen LogP contribution in [0.2, 0.25) is 0 Å². The summed E-state index contributed by atoms with van der Waals surface area (Å²) in [5.41, 5.74) is -1.53. The quantitative estimate of drug-likeness (QED) is 0.448. The summed E-state index contributed by atoms with van der Waals surface area (Å²) in [4.78, 5) is 22.4. The van der Waals surface area contributed by atoms with Crippen LogP contribution in [0.15, 0.2) is 64.8 Å². The number of alkyl halides is 3. The summed E-state index contributed by atoms with van der Waals surface area (Å²) in [5, 5.41) is 28.0. The number of hydrogen-bond acceptors (Lipinski definition) is 6. The van der Waals surface area contributed by atoms with Gasteiger partial charge in [0.2, 0.25) is 0 Å². The summed E-state index contributed by atoms with van der Waals surface area (Å²) in [7, 11) is 0. The van der Waals surface area contributed by atoms with Gasteiger partial charge in [0.05, 0.1) is 23.3 Å². The molecule has 0 saturated carbocycles. The number of aliphatic hydroxyl groups is 1. The lowest BCUT2D eigenvalue weighted by Gasteiger charge is -2.31. The van der Waals surface area contributed by atoms with Gasteiger partial charge in [0.25, 0.3) is 11.4 Å². The van der Waals surface area contributed by atoms with E-state index in [1.165, 1.54) is 30.3 Å². The molecule has 30 heavy (non-hydrogen) atoms. The lowest BCUT2D eigenvalue weighted by Crippen LogP contribution is -2.58. The van der Waals surface area contributed by atoms with Crippen LogP contribution in [0.3, 0.4) is 0 Å². The number of hydrogen-bond donors (Lipinski definition) is 2. The third-order valence-corrected chi connectivity index (χ3v) is 4.19. The van der Waals surface area contributed by atoms with Crippen molar-refractivity contribution in [3.05, 3.63) is 75.8 Å². The van der Waals surface area contributed by atoms with Crippen molar-refractivity contribution in [1.29, 1.82) is 0 Å². The Kier molecular flexibility index (Phi) is 5.52. The molecular formula is C18H14F3N5O4. The number of nitro groups is 1. The lowest BCUT2D eigenvalue weighted by atomic mass is 10.0. The van der Waals surface area contributed by atoms with E-state index < -0.39 is 29.3 Å². The number of hydrazone groups is 2. The molecule has 1 atom stereocenters. The molecule has 1 heterocycles. The van der Waals surface area contributed by atoms with Gasteiger partial charge in [0.1, 0.15) is 0 Å². The molecule has 12 heteroatoms. The van der Waals surface area contributed by atoms with Crippen molar-refractivity contribution in [2.45, 2.75) is 18.3 Å². The van der Waals surface area contributed by atoms with Crippen molar-refractivity contribution in [3.8, 4) is 0 Å². The Morgan fingerprint density at radius 2 is 1.97 bits per heavy atom. The Morgan fingerprint density at radius 1 is 1.27 bits per heavy atom. The molecule has 1 aliphatic heterocycles. The average Bonchev–Trinajstić information content (AvgIpc) is 3.08. The highest BCUT2D eigenvalue weighted by atomic mass is 19.4. The summed E-state index contributed by atoms with van der Waals surface area (Å²) < 4.78 is 40.5. The maximum absolute atomic E-state index is 13.5. The molecule has 0 aliphatic carbocycles. The second-order valence-corrected chi connectivity index (χ2v) is 6.24. The monoisotopic (exact) mass is 421 g/mol. The van der Waals surface area contributed by atoms with Crippen LogP contribution >= 0.6 is 0 Å². The molecule has 1 unspecified atom stereocenters. The van der Waals surface area contributed by atoms with Crippen LogP contribution in [0.1, 0.15) is 17.5 Å². The van der Waals surface area contributed by atoms with E-state index >= 15 is 0 Å². The highest BCUT2D eigenvalue weighted by molar-refractivity contribution is 6.03. The summed E-state index contributed by atoms with van der Waals surface area (Å²) in [5.74, 6) is 0. The molecule has 2 aromatic carbocycles. The minimum atomic E-state index is -5.19. The number of nitro benzene ring substituents is 1. The third kappa shape index (κ3) is 4.12. The number of amides is 2. The van der Waals surface area contributed by atoms with Gasteiger partial charge in [-0.15, -0.1) is 0 Å². The number of urea groups is 1. The van der Waals surface area contributed by atoms with Gasteiger partial charge in [0.15, 0.2) is 0 Å². The molecule has 0 aromatic heterocycles. The zero-order valence-corrected chi connectivity index (χ0v) is 15.1. The number of nitrogens with one attached hydrogen (secondary N) is 1. The van der Waals surface area contributed by atoms with Crippen molar-refractivity contribution < 1.29 is 28.0 Å². The molecule has 3 rings (SSSR count). The fourth-order valence-corrected chi connectivity index (χ4v) is 2.70. The lowest BCUT2D eigenvalue weighted by molar-refractivity contribution is -0.384. The van der Waals surface area contributed by atoms with Gasteiger partial charge in [-0.2, -0.15) is 28.4 Å². The van der Waals surface area contributed by atoms with Crippen molar-refractivity contribution in [3.63, 3.8) is 0 Å². The summed E-state index contributed by atoms with van der Waals surface area (Å²) in [6.45, 7) is 0. The SMILES string of the molecule is O=C(N/N=C/c1cccc([N+](=O)[O-])c1)N1N=C(c2ccccc2)CC1(O)C(F)(F)F. The molecule has 0 saturated heterocycles. The predicted molar refractivity (Wildman–Crippen MR) is 99.7 cm³/mol. The van der Waals surface area contributed by atoms with E-state index in [1.54, 1.807) is 18.2 Å². The molecular weight excluding hydrogens is 407 g/mol. The van der Waals surface area contributed by atoms with E-state index in [1.807, 2.05) is 5.43 Å². The molecule has 2 amide bonds. The molecule has 0 spiro atoms. The van der Waals surface area contributed by atoms with Gasteiger partial charge in [-0.3, -0.25) is 10.1 Å². The molecule has 2 aromatic rings. The Labute approximate surface area is 167 Å². The summed E-state index contributed by atoms with van der Waals surface area (Å²) >= 11 is 0. The Balaban J connectivity index is 1.82. The van der Waals surface area contributed by atoms with Crippen LogP contribution in [-0.4, -0.2) is 44.9 Å². The minimum absolute atomic E-state index is 0.111. The number of carbonyl (C=O) groups excluding carboxylic acids is 1. The summed E-state index contributed by atoms with van der Waals surface area (Å²) in [6, 6.07) is 11.6. The molecule has 0 radical (unpaired) electrons. The highest BCUT2D eigenvalue weighted by Gasteiger charge is 2.63. The van der Waals surface area contributed by atoms with E-state index in [-0.39, 0.29) is 22.0 Å². The van der Waals surface area contributed by atoms with Gasteiger partial charge in [0, 0.05) is 17.7 Å². The number of nitrogens with zero attached hydrogens (tertiary/aromatic N) is 4. The Bertz CT molecular complexity index is 1030. The van der Waals surface area contributed by atoms with Crippen molar-refractivity contribution >= 4 is 23.6 Å². The molecule has 2 N–H and O–H groups in total. The number of carbonyl (C=O) groups is 1. The Morgan fingerprint density at radius 3 is 2.60 bits per heavy atom. The molecule has 9 nitrogen and oxygen atoms in total. The predicted octanol–water partition coefficient (Wildman–Crippen LogP) is 3.00. The van der Waals surface area contributed by atoms with Crippen molar-refractivity contribution in [1.82, 2.24) is 10.4 Å². The smallest absolute Gasteiger partial charge is 0.362 e. The minimum Gasteiger partial charge on any atom is -0.362 e. The first-order valence-corrected chi connectivity index (χ1v) is 8.41. The van der Waals surface area contributed by atoms with E-state index in [0.717, 1.165) is 12.3 Å². The first kappa shape index (κ1) is 20.9. The highest BCUT2D eigenvalue weighted by Crippen LogP contribution is 2.41. The molecule has 156 valence electrons. The van der Waals surface area contributed by atoms with Crippen LogP contribution in [0.5, 0.6) is 0 Å². The van der Waals surface area contributed by atoms with E-state index in [2.05, 4.69) is 10.2 Å². The van der Waals surface area contributed by atoms with Gasteiger partial charge < -0.3 is 5.11 Å². The zero-order chi connectivity index (χ0) is 21.9. The maximum Gasteiger partial charge on any atom is 0.438 e. The fourth-order valence-electron chi connectivity index (χ4n) is 2.70. The van der Waals surface area contributed by atoms with Crippen LogP contribution in [0, 0.1) is 10.1 Å². The molecule has 0 bridgehead atoms. The second kappa shape index (κ2) is 7.91. The topological polar surface area (TPSA) is 120 Å².